The van der Waals surface area contributed by atoms with Gasteiger partial charge in [-0.05, 0) is 73.0 Å². The molecule has 44 heavy (non-hydrogen) atoms. The molecule has 1 heterocycles. The number of halogens is 3. The van der Waals surface area contributed by atoms with Crippen molar-refractivity contribution < 1.29 is 24.2 Å². The minimum Gasteiger partial charge on any atom is -0.369 e. The zero-order valence-electron chi connectivity index (χ0n) is 24.7. The Morgan fingerprint density at radius 1 is 0.864 bits per heavy atom. The number of hydrogen-bond donors (Lipinski definition) is 2. The molecule has 6 nitrogen and oxygen atoms in total. The van der Waals surface area contributed by atoms with E-state index in [1.807, 2.05) is 68.4 Å². The zero-order chi connectivity index (χ0) is 31.3. The van der Waals surface area contributed by atoms with E-state index in [1.54, 1.807) is 18.2 Å². The summed E-state index contributed by atoms with van der Waals surface area (Å²) < 4.78 is 39.2. The number of amides is 2. The Balaban J connectivity index is 0.00000461. The molecule has 4 aromatic carbocycles. The summed E-state index contributed by atoms with van der Waals surface area (Å²) >= 11 is 0. The summed E-state index contributed by atoms with van der Waals surface area (Å²) in [7, 11) is 0. The van der Waals surface area contributed by atoms with Crippen molar-refractivity contribution in [3.05, 3.63) is 119 Å². The molecule has 1 aliphatic rings. The van der Waals surface area contributed by atoms with Crippen LogP contribution in [0.2, 0.25) is 0 Å². The van der Waals surface area contributed by atoms with E-state index >= 15 is 0 Å². The second-order valence-corrected chi connectivity index (χ2v) is 10.9. The summed E-state index contributed by atoms with van der Waals surface area (Å²) in [5.74, 6) is -0.346. The average molecular weight is 603 g/mol. The number of hydrogen-bond acceptors (Lipinski definition) is 4. The molecule has 9 heteroatoms. The lowest BCUT2D eigenvalue weighted by Crippen LogP contribution is -2.51. The van der Waals surface area contributed by atoms with Gasteiger partial charge in [0.1, 0.15) is 6.04 Å². The first kappa shape index (κ1) is 30.8. The largest absolute Gasteiger partial charge is 0.416 e. The van der Waals surface area contributed by atoms with Crippen molar-refractivity contribution >= 4 is 23.2 Å². The van der Waals surface area contributed by atoms with Crippen LogP contribution in [0.1, 0.15) is 41.4 Å². The number of carbonyl (C=O) groups is 2. The van der Waals surface area contributed by atoms with Crippen LogP contribution < -0.4 is 15.5 Å². The highest BCUT2D eigenvalue weighted by atomic mass is 19.4. The Morgan fingerprint density at radius 3 is 2.14 bits per heavy atom. The summed E-state index contributed by atoms with van der Waals surface area (Å²) in [5.41, 5.74) is 4.21. The quantitative estimate of drug-likeness (QED) is 0.224. The number of nitrogens with one attached hydrogen (secondary N) is 2. The van der Waals surface area contributed by atoms with E-state index < -0.39 is 11.7 Å². The van der Waals surface area contributed by atoms with Gasteiger partial charge in [-0.15, -0.1) is 0 Å². The van der Waals surface area contributed by atoms with Gasteiger partial charge in [0.2, 0.25) is 5.91 Å². The maximum absolute atomic E-state index is 13.3. The molecular formula is C35H37F3N4O2. The maximum Gasteiger partial charge on any atom is 0.416 e. The molecule has 1 saturated heterocycles. The number of likely N-dealkylation sites (N-methyl/N-ethyl adjacent to an activating group) is 1. The third-order valence-corrected chi connectivity index (χ3v) is 7.83. The Labute approximate surface area is 257 Å². The van der Waals surface area contributed by atoms with Crippen molar-refractivity contribution in [1.82, 2.24) is 10.2 Å². The minimum absolute atomic E-state index is 0. The van der Waals surface area contributed by atoms with E-state index in [2.05, 4.69) is 20.4 Å². The highest BCUT2D eigenvalue weighted by Crippen LogP contribution is 2.33. The number of rotatable bonds is 8. The molecule has 0 radical (unpaired) electrons. The molecule has 0 spiro atoms. The van der Waals surface area contributed by atoms with Crippen LogP contribution in [0.3, 0.4) is 0 Å². The first-order valence-corrected chi connectivity index (χ1v) is 14.7. The molecule has 1 aliphatic heterocycles. The van der Waals surface area contributed by atoms with Crippen molar-refractivity contribution in [1.29, 1.82) is 0 Å². The van der Waals surface area contributed by atoms with Gasteiger partial charge in [0.15, 0.2) is 0 Å². The molecule has 5 rings (SSSR count). The summed E-state index contributed by atoms with van der Waals surface area (Å²) in [4.78, 5) is 30.7. The van der Waals surface area contributed by atoms with Crippen molar-refractivity contribution in [2.45, 2.75) is 26.1 Å². The van der Waals surface area contributed by atoms with E-state index in [9.17, 15) is 22.8 Å². The average Bonchev–Trinajstić information content (AvgIpc) is 3.02. The molecule has 1 fully saturated rings. The minimum atomic E-state index is -4.43. The number of alkyl halides is 3. The molecule has 1 atom stereocenters. The molecule has 1 unspecified atom stereocenters. The predicted octanol–water partition coefficient (Wildman–Crippen LogP) is 7.18. The summed E-state index contributed by atoms with van der Waals surface area (Å²) in [5, 5.41) is 5.90. The number of benzene rings is 4. The maximum atomic E-state index is 13.3. The smallest absolute Gasteiger partial charge is 0.369 e. The van der Waals surface area contributed by atoms with Gasteiger partial charge < -0.3 is 15.5 Å². The fraction of sp³-hybridized carbons (Fsp3) is 0.257. The van der Waals surface area contributed by atoms with Gasteiger partial charge in [-0.3, -0.25) is 14.5 Å². The van der Waals surface area contributed by atoms with Gasteiger partial charge in [0.25, 0.3) is 5.91 Å². The van der Waals surface area contributed by atoms with Crippen LogP contribution in [0.5, 0.6) is 0 Å². The van der Waals surface area contributed by atoms with Crippen molar-refractivity contribution in [2.75, 3.05) is 42.9 Å². The molecule has 0 bridgehead atoms. The lowest BCUT2D eigenvalue weighted by molar-refractivity contribution is -0.137. The fourth-order valence-electron chi connectivity index (χ4n) is 5.56. The van der Waals surface area contributed by atoms with E-state index in [-0.39, 0.29) is 19.3 Å². The first-order chi connectivity index (χ1) is 21.1. The third-order valence-electron chi connectivity index (χ3n) is 7.83. The van der Waals surface area contributed by atoms with Gasteiger partial charge >= 0.3 is 6.18 Å². The number of aryl methyl sites for hydroxylation is 1. The molecular weight excluding hydrogens is 565 g/mol. The summed E-state index contributed by atoms with van der Waals surface area (Å²) in [6, 6.07) is 27.2. The number of nitrogens with zero attached hydrogens (tertiary/aromatic N) is 2. The van der Waals surface area contributed by atoms with Crippen LogP contribution in [-0.2, 0) is 11.0 Å². The van der Waals surface area contributed by atoms with Gasteiger partial charge in [-0.2, -0.15) is 13.2 Å². The second kappa shape index (κ2) is 13.3. The summed E-state index contributed by atoms with van der Waals surface area (Å²) in [6.07, 6.45) is -4.43. The van der Waals surface area contributed by atoms with Gasteiger partial charge in [-0.25, -0.2) is 0 Å². The lowest BCUT2D eigenvalue weighted by atomic mass is 9.96. The van der Waals surface area contributed by atoms with Crippen LogP contribution in [-0.4, -0.2) is 49.4 Å². The second-order valence-electron chi connectivity index (χ2n) is 10.9. The third kappa shape index (κ3) is 7.11. The molecule has 0 aromatic heterocycles. The van der Waals surface area contributed by atoms with Crippen molar-refractivity contribution in [3.8, 4) is 11.1 Å². The zero-order valence-corrected chi connectivity index (χ0v) is 24.7. The standard InChI is InChI=1S/C35H35F3N4O2.H2/c1-3-39-34(44)32(26-7-5-4-6-8-26)42-21-19-41(20-22-42)29-16-14-28(15-17-29)40-33(43)30-18-9-24(2)23-31(30)25-10-12-27(13-11-25)35(36,37)38;/h4-18,23,32H,3,19-22H2,1-2H3,(H,39,44)(H,40,43);1H. The van der Waals surface area contributed by atoms with Gasteiger partial charge in [0, 0.05) is 51.1 Å². The fourth-order valence-corrected chi connectivity index (χ4v) is 5.56. The van der Waals surface area contributed by atoms with Crippen LogP contribution in [0.15, 0.2) is 97.1 Å². The Bertz CT molecular complexity index is 1590. The SMILES string of the molecule is CCNC(=O)C(c1ccccc1)N1CCN(c2ccc(NC(=O)c3ccc(C)cc3-c3ccc(C(F)(F)F)cc3)cc2)CC1.[HH]. The lowest BCUT2D eigenvalue weighted by Gasteiger charge is -2.39. The molecule has 2 N–H and O–H groups in total. The van der Waals surface area contributed by atoms with Crippen molar-refractivity contribution in [2.24, 2.45) is 0 Å². The highest BCUT2D eigenvalue weighted by molar-refractivity contribution is 6.08. The Morgan fingerprint density at radius 2 is 1.52 bits per heavy atom. The number of carbonyl (C=O) groups excluding carboxylic acids is 2. The van der Waals surface area contributed by atoms with Crippen LogP contribution in [0.25, 0.3) is 11.1 Å². The van der Waals surface area contributed by atoms with E-state index in [1.165, 1.54) is 12.1 Å². The summed E-state index contributed by atoms with van der Waals surface area (Å²) in [6.45, 7) is 7.29. The molecule has 4 aromatic rings. The van der Waals surface area contributed by atoms with E-state index in [0.717, 1.165) is 55.1 Å². The van der Waals surface area contributed by atoms with Gasteiger partial charge in [0.05, 0.1) is 5.56 Å². The highest BCUT2D eigenvalue weighted by Gasteiger charge is 2.31. The van der Waals surface area contributed by atoms with Crippen molar-refractivity contribution in [3.63, 3.8) is 0 Å². The van der Waals surface area contributed by atoms with Crippen LogP contribution in [0, 0.1) is 6.92 Å². The predicted molar refractivity (Wildman–Crippen MR) is 170 cm³/mol. The van der Waals surface area contributed by atoms with E-state index in [0.29, 0.717) is 28.9 Å². The van der Waals surface area contributed by atoms with Crippen LogP contribution >= 0.6 is 0 Å². The normalized spacial score (nSPS) is 14.6. The Kier molecular flexibility index (Phi) is 9.35. The van der Waals surface area contributed by atoms with Gasteiger partial charge in [-0.1, -0.05) is 60.2 Å². The molecule has 230 valence electrons. The number of anilines is 2. The Hall–Kier alpha value is -4.63. The van der Waals surface area contributed by atoms with E-state index in [4.69, 9.17) is 0 Å². The monoisotopic (exact) mass is 602 g/mol. The number of piperazine rings is 1. The first-order valence-electron chi connectivity index (χ1n) is 14.7. The van der Waals surface area contributed by atoms with Crippen LogP contribution in [0.4, 0.5) is 24.5 Å². The molecule has 0 saturated carbocycles. The molecule has 2 amide bonds. The topological polar surface area (TPSA) is 64.7 Å². The molecule has 0 aliphatic carbocycles.